The van der Waals surface area contributed by atoms with Crippen LogP contribution in [0.5, 0.6) is 0 Å². The molecule has 164 valence electrons. The maximum atomic E-state index is 12.5. The molecule has 0 atom stereocenters. The molecule has 3 N–H and O–H groups in total. The molecule has 0 unspecified atom stereocenters. The van der Waals surface area contributed by atoms with E-state index in [1.54, 1.807) is 6.92 Å². The zero-order chi connectivity index (χ0) is 22.9. The molecule has 11 heteroatoms. The predicted molar refractivity (Wildman–Crippen MR) is 123 cm³/mol. The number of anilines is 1. The van der Waals surface area contributed by atoms with Gasteiger partial charge in [0.1, 0.15) is 5.82 Å². The number of thioether (sulfide) groups is 1. The van der Waals surface area contributed by atoms with Crippen LogP contribution in [-0.2, 0) is 14.8 Å². The van der Waals surface area contributed by atoms with E-state index in [4.69, 9.17) is 5.14 Å². The average Bonchev–Trinajstić information content (AvgIpc) is 3.12. The zero-order valence-corrected chi connectivity index (χ0v) is 18.9. The van der Waals surface area contributed by atoms with Gasteiger partial charge in [-0.15, -0.1) is 10.2 Å². The number of rotatable bonds is 6. The van der Waals surface area contributed by atoms with Crippen LogP contribution in [0.25, 0.3) is 16.5 Å². The van der Waals surface area contributed by atoms with Crippen LogP contribution >= 0.6 is 11.8 Å². The molecule has 4 rings (SSSR count). The van der Waals surface area contributed by atoms with E-state index in [-0.39, 0.29) is 16.7 Å². The number of amides is 1. The summed E-state index contributed by atoms with van der Waals surface area (Å²) in [5.74, 6) is 0.510. The van der Waals surface area contributed by atoms with E-state index in [0.717, 1.165) is 16.5 Å². The second-order valence-corrected chi connectivity index (χ2v) is 9.48. The van der Waals surface area contributed by atoms with Gasteiger partial charge in [-0.3, -0.25) is 9.36 Å². The van der Waals surface area contributed by atoms with Crippen molar-refractivity contribution in [3.8, 4) is 5.69 Å². The number of hydrogen-bond donors (Lipinski definition) is 2. The number of hydrogen-bond acceptors (Lipinski definition) is 7. The number of fused-ring (bicyclic) bond motifs is 1. The van der Waals surface area contributed by atoms with Crippen LogP contribution < -0.4 is 10.5 Å². The van der Waals surface area contributed by atoms with Gasteiger partial charge in [-0.25, -0.2) is 18.5 Å². The van der Waals surface area contributed by atoms with Crippen molar-refractivity contribution in [1.82, 2.24) is 19.7 Å². The third kappa shape index (κ3) is 4.49. The zero-order valence-electron chi connectivity index (χ0n) is 17.3. The highest BCUT2D eigenvalue weighted by Gasteiger charge is 2.17. The molecule has 0 aliphatic heterocycles. The highest BCUT2D eigenvalue weighted by Crippen LogP contribution is 2.28. The van der Waals surface area contributed by atoms with Gasteiger partial charge in [-0.2, -0.15) is 0 Å². The summed E-state index contributed by atoms with van der Waals surface area (Å²) in [6.45, 7) is 3.46. The first kappa shape index (κ1) is 21.9. The van der Waals surface area contributed by atoms with Gasteiger partial charge in [-0.05, 0) is 37.4 Å². The molecule has 2 heterocycles. The van der Waals surface area contributed by atoms with Crippen molar-refractivity contribution < 1.29 is 13.2 Å². The van der Waals surface area contributed by atoms with Crippen molar-refractivity contribution in [2.45, 2.75) is 24.0 Å². The Morgan fingerprint density at radius 1 is 1.06 bits per heavy atom. The Bertz CT molecular complexity index is 1430. The monoisotopic (exact) mass is 468 g/mol. The quantitative estimate of drug-likeness (QED) is 0.416. The summed E-state index contributed by atoms with van der Waals surface area (Å²) in [6.07, 6.45) is 0. The number of carbonyl (C=O) groups is 1. The maximum Gasteiger partial charge on any atom is 0.255 e. The normalized spacial score (nSPS) is 11.6. The van der Waals surface area contributed by atoms with E-state index >= 15 is 0 Å². The minimum absolute atomic E-state index is 0.0826. The fourth-order valence-electron chi connectivity index (χ4n) is 3.26. The highest BCUT2D eigenvalue weighted by molar-refractivity contribution is 7.99. The van der Waals surface area contributed by atoms with Gasteiger partial charge in [0.15, 0.2) is 10.2 Å². The summed E-state index contributed by atoms with van der Waals surface area (Å²) in [7, 11) is -3.91. The third-order valence-electron chi connectivity index (χ3n) is 4.76. The molecule has 0 aliphatic rings. The Balaban J connectivity index is 1.53. The number of sulfonamides is 1. The molecule has 0 spiro atoms. The van der Waals surface area contributed by atoms with E-state index in [1.165, 1.54) is 23.9 Å². The minimum atomic E-state index is -3.91. The van der Waals surface area contributed by atoms with E-state index in [9.17, 15) is 13.2 Å². The Labute approximate surface area is 189 Å². The summed E-state index contributed by atoms with van der Waals surface area (Å²) in [5, 5.41) is 18.8. The Morgan fingerprint density at radius 3 is 2.56 bits per heavy atom. The number of carbonyl (C=O) groups excluding carboxylic acids is 1. The summed E-state index contributed by atoms with van der Waals surface area (Å²) in [5.41, 5.74) is 1.70. The third-order valence-corrected chi connectivity index (χ3v) is 6.50. The molecule has 2 aromatic carbocycles. The molecule has 4 aromatic rings. The molecule has 32 heavy (non-hydrogen) atoms. The van der Waals surface area contributed by atoms with E-state index < -0.39 is 10.0 Å². The standard InChI is InChI=1S/C21H20N6O3S2/c1-13-17(10-11-20(23-13)32(22,29)30)24-19(28)12-31-21-26-25-14(2)27(21)18-9-5-7-15-6-3-4-8-16(15)18/h3-11H,12H2,1-2H3,(H,24,28)(H2,22,29,30). The first-order chi connectivity index (χ1) is 15.2. The maximum absolute atomic E-state index is 12.5. The summed E-state index contributed by atoms with van der Waals surface area (Å²) < 4.78 is 24.8. The van der Waals surface area contributed by atoms with Gasteiger partial charge in [0.05, 0.1) is 22.8 Å². The largest absolute Gasteiger partial charge is 0.324 e. The number of nitrogens with one attached hydrogen (secondary N) is 1. The van der Waals surface area contributed by atoms with Crippen LogP contribution in [0.3, 0.4) is 0 Å². The number of aromatic nitrogens is 4. The van der Waals surface area contributed by atoms with Gasteiger partial charge in [0.25, 0.3) is 10.0 Å². The van der Waals surface area contributed by atoms with Crippen molar-refractivity contribution in [1.29, 1.82) is 0 Å². The molecule has 0 saturated carbocycles. The van der Waals surface area contributed by atoms with Gasteiger partial charge in [-0.1, -0.05) is 48.2 Å². The summed E-state index contributed by atoms with van der Waals surface area (Å²) in [4.78, 5) is 16.5. The van der Waals surface area contributed by atoms with Crippen LogP contribution in [0.15, 0.2) is 64.8 Å². The first-order valence-corrected chi connectivity index (χ1v) is 12.1. The molecule has 0 aliphatic carbocycles. The number of nitrogens with zero attached hydrogens (tertiary/aromatic N) is 4. The SMILES string of the molecule is Cc1nc(S(N)(=O)=O)ccc1NC(=O)CSc1nnc(C)n1-c1cccc2ccccc12. The lowest BCUT2D eigenvalue weighted by Crippen LogP contribution is -2.18. The Kier molecular flexibility index (Phi) is 5.96. The molecular formula is C21H20N6O3S2. The van der Waals surface area contributed by atoms with Crippen LogP contribution in [0.2, 0.25) is 0 Å². The van der Waals surface area contributed by atoms with Gasteiger partial charge >= 0.3 is 0 Å². The lowest BCUT2D eigenvalue weighted by Gasteiger charge is -2.12. The van der Waals surface area contributed by atoms with Crippen molar-refractivity contribution in [2.75, 3.05) is 11.1 Å². The molecule has 0 fully saturated rings. The van der Waals surface area contributed by atoms with Crippen LogP contribution in [0, 0.1) is 13.8 Å². The van der Waals surface area contributed by atoms with Crippen molar-refractivity contribution in [3.05, 3.63) is 66.1 Å². The van der Waals surface area contributed by atoms with Crippen LogP contribution in [-0.4, -0.2) is 39.8 Å². The highest BCUT2D eigenvalue weighted by atomic mass is 32.2. The molecule has 9 nitrogen and oxygen atoms in total. The Hall–Kier alpha value is -3.28. The average molecular weight is 469 g/mol. The second-order valence-electron chi connectivity index (χ2n) is 7.03. The van der Waals surface area contributed by atoms with E-state index in [2.05, 4.69) is 20.5 Å². The molecule has 2 aromatic heterocycles. The predicted octanol–water partition coefficient (Wildman–Crippen LogP) is 2.81. The fraction of sp³-hybridized carbons (Fsp3) is 0.143. The lowest BCUT2D eigenvalue weighted by molar-refractivity contribution is -0.113. The van der Waals surface area contributed by atoms with Gasteiger partial charge in [0, 0.05) is 5.39 Å². The topological polar surface area (TPSA) is 133 Å². The van der Waals surface area contributed by atoms with E-state index in [0.29, 0.717) is 22.4 Å². The molecule has 1 amide bonds. The second kappa shape index (κ2) is 8.69. The van der Waals surface area contributed by atoms with Crippen molar-refractivity contribution >= 4 is 44.2 Å². The van der Waals surface area contributed by atoms with E-state index in [1.807, 2.05) is 54.0 Å². The molecule has 0 radical (unpaired) electrons. The van der Waals surface area contributed by atoms with Crippen LogP contribution in [0.1, 0.15) is 11.5 Å². The molecule has 0 bridgehead atoms. The first-order valence-electron chi connectivity index (χ1n) is 9.57. The summed E-state index contributed by atoms with van der Waals surface area (Å²) >= 11 is 1.25. The van der Waals surface area contributed by atoms with Crippen molar-refractivity contribution in [3.63, 3.8) is 0 Å². The number of primary sulfonamides is 1. The fourth-order valence-corrected chi connectivity index (χ4v) is 4.57. The Morgan fingerprint density at radius 2 is 1.81 bits per heavy atom. The van der Waals surface area contributed by atoms with Gasteiger partial charge < -0.3 is 5.32 Å². The minimum Gasteiger partial charge on any atom is -0.324 e. The molecular weight excluding hydrogens is 448 g/mol. The number of aryl methyl sites for hydroxylation is 2. The van der Waals surface area contributed by atoms with Crippen molar-refractivity contribution in [2.24, 2.45) is 5.14 Å². The lowest BCUT2D eigenvalue weighted by atomic mass is 10.1. The smallest absolute Gasteiger partial charge is 0.255 e. The molecule has 0 saturated heterocycles. The van der Waals surface area contributed by atoms with Crippen LogP contribution in [0.4, 0.5) is 5.69 Å². The number of nitrogens with two attached hydrogens (primary N) is 1. The number of pyridine rings is 1. The number of benzene rings is 2. The summed E-state index contributed by atoms with van der Waals surface area (Å²) in [6, 6.07) is 16.8. The van der Waals surface area contributed by atoms with Gasteiger partial charge in [0.2, 0.25) is 5.91 Å².